The average Bonchev–Trinajstić information content (AvgIpc) is 3.14. The van der Waals surface area contributed by atoms with Gasteiger partial charge in [0.1, 0.15) is 5.75 Å². The molecule has 0 bridgehead atoms. The van der Waals surface area contributed by atoms with Gasteiger partial charge in [-0.1, -0.05) is 33.2 Å². The van der Waals surface area contributed by atoms with Gasteiger partial charge in [-0.3, -0.25) is 9.59 Å². The van der Waals surface area contributed by atoms with Crippen molar-refractivity contribution < 1.29 is 18.8 Å². The fraction of sp³-hybridized carbons (Fsp3) is 0.105. The summed E-state index contributed by atoms with van der Waals surface area (Å²) in [5.41, 5.74) is 1.98. The summed E-state index contributed by atoms with van der Waals surface area (Å²) in [6.07, 6.45) is -0.551. The van der Waals surface area contributed by atoms with Crippen LogP contribution in [0.1, 0.15) is 17.4 Å². The second-order valence-corrected chi connectivity index (χ2v) is 6.91. The van der Waals surface area contributed by atoms with Crippen LogP contribution in [0.3, 0.4) is 0 Å². The van der Waals surface area contributed by atoms with Gasteiger partial charge in [0, 0.05) is 21.8 Å². The van der Waals surface area contributed by atoms with Gasteiger partial charge in [0.05, 0.1) is 5.69 Å². The highest BCUT2D eigenvalue weighted by Crippen LogP contribution is 2.32. The maximum atomic E-state index is 12.4. The SMILES string of the molecule is C[C@@H]1Oc2ccc(NC(=O)c3cc(-c4ccc(Br)cc4)on3)cc2NC1=O. The van der Waals surface area contributed by atoms with Crippen molar-refractivity contribution in [1.82, 2.24) is 5.16 Å². The number of nitrogens with one attached hydrogen (secondary N) is 2. The number of hydrogen-bond acceptors (Lipinski definition) is 5. The first-order valence-corrected chi connectivity index (χ1v) is 8.94. The van der Waals surface area contributed by atoms with Crippen molar-refractivity contribution in [3.05, 3.63) is 58.7 Å². The van der Waals surface area contributed by atoms with E-state index in [0.717, 1.165) is 10.0 Å². The Balaban J connectivity index is 1.51. The molecule has 7 nitrogen and oxygen atoms in total. The molecule has 1 aliphatic rings. The van der Waals surface area contributed by atoms with Crippen LogP contribution in [-0.4, -0.2) is 23.1 Å². The summed E-state index contributed by atoms with van der Waals surface area (Å²) in [6, 6.07) is 14.1. The normalized spacial score (nSPS) is 15.5. The van der Waals surface area contributed by atoms with E-state index in [1.165, 1.54) is 0 Å². The average molecular weight is 428 g/mol. The number of fused-ring (bicyclic) bond motifs is 1. The molecule has 27 heavy (non-hydrogen) atoms. The molecule has 2 N–H and O–H groups in total. The molecule has 0 fully saturated rings. The molecule has 0 radical (unpaired) electrons. The van der Waals surface area contributed by atoms with Crippen LogP contribution < -0.4 is 15.4 Å². The molecule has 0 saturated carbocycles. The standard InChI is InChI=1S/C19H14BrN3O4/c1-10-18(24)22-14-8-13(6-7-16(14)26-10)21-19(25)15-9-17(27-23-15)11-2-4-12(20)5-3-11/h2-10H,1H3,(H,21,25)(H,22,24)/t10-/m0/s1. The molecular weight excluding hydrogens is 414 g/mol. The molecule has 2 aromatic carbocycles. The predicted octanol–water partition coefficient (Wildman–Crippen LogP) is 4.08. The summed E-state index contributed by atoms with van der Waals surface area (Å²) in [5.74, 6) is 0.395. The fourth-order valence-electron chi connectivity index (χ4n) is 2.61. The molecule has 136 valence electrons. The Bertz CT molecular complexity index is 1030. The summed E-state index contributed by atoms with van der Waals surface area (Å²) in [4.78, 5) is 24.2. The lowest BCUT2D eigenvalue weighted by atomic mass is 10.1. The van der Waals surface area contributed by atoms with Gasteiger partial charge >= 0.3 is 0 Å². The zero-order valence-electron chi connectivity index (χ0n) is 14.2. The van der Waals surface area contributed by atoms with E-state index in [9.17, 15) is 9.59 Å². The van der Waals surface area contributed by atoms with E-state index in [-0.39, 0.29) is 11.6 Å². The Morgan fingerprint density at radius 2 is 1.96 bits per heavy atom. The molecule has 1 aliphatic heterocycles. The largest absolute Gasteiger partial charge is 0.479 e. The number of aromatic nitrogens is 1. The molecule has 0 aliphatic carbocycles. The Morgan fingerprint density at radius 3 is 2.74 bits per heavy atom. The second-order valence-electron chi connectivity index (χ2n) is 6.00. The number of ether oxygens (including phenoxy) is 1. The lowest BCUT2D eigenvalue weighted by Gasteiger charge is -2.23. The first kappa shape index (κ1) is 17.3. The molecule has 8 heteroatoms. The van der Waals surface area contributed by atoms with E-state index in [1.807, 2.05) is 24.3 Å². The third kappa shape index (κ3) is 3.56. The number of carbonyl (C=O) groups excluding carboxylic acids is 2. The number of carbonyl (C=O) groups is 2. The van der Waals surface area contributed by atoms with Crippen molar-refractivity contribution in [3.63, 3.8) is 0 Å². The van der Waals surface area contributed by atoms with Crippen LogP contribution in [0.5, 0.6) is 5.75 Å². The van der Waals surface area contributed by atoms with Crippen LogP contribution in [0.25, 0.3) is 11.3 Å². The molecule has 0 spiro atoms. The minimum Gasteiger partial charge on any atom is -0.479 e. The fourth-order valence-corrected chi connectivity index (χ4v) is 2.88. The van der Waals surface area contributed by atoms with Gasteiger partial charge in [0.2, 0.25) is 0 Å². The Labute approximate surface area is 162 Å². The van der Waals surface area contributed by atoms with Gasteiger partial charge in [0.25, 0.3) is 11.8 Å². The van der Waals surface area contributed by atoms with Crippen LogP contribution in [0.2, 0.25) is 0 Å². The van der Waals surface area contributed by atoms with Crippen LogP contribution in [-0.2, 0) is 4.79 Å². The predicted molar refractivity (Wildman–Crippen MR) is 103 cm³/mol. The molecule has 2 heterocycles. The second kappa shape index (κ2) is 6.88. The van der Waals surface area contributed by atoms with Crippen molar-refractivity contribution in [2.75, 3.05) is 10.6 Å². The zero-order valence-corrected chi connectivity index (χ0v) is 15.7. The zero-order chi connectivity index (χ0) is 19.0. The summed E-state index contributed by atoms with van der Waals surface area (Å²) >= 11 is 3.37. The molecule has 0 unspecified atom stereocenters. The first-order valence-electron chi connectivity index (χ1n) is 8.15. The highest BCUT2D eigenvalue weighted by atomic mass is 79.9. The van der Waals surface area contributed by atoms with Gasteiger partial charge in [-0.05, 0) is 37.3 Å². The third-order valence-electron chi connectivity index (χ3n) is 4.04. The highest BCUT2D eigenvalue weighted by Gasteiger charge is 2.24. The van der Waals surface area contributed by atoms with Gasteiger partial charge in [-0.25, -0.2) is 0 Å². The number of halogens is 1. The van der Waals surface area contributed by atoms with Crippen molar-refractivity contribution in [2.24, 2.45) is 0 Å². The minimum absolute atomic E-state index is 0.152. The highest BCUT2D eigenvalue weighted by molar-refractivity contribution is 9.10. The van der Waals surface area contributed by atoms with Crippen LogP contribution in [0, 0.1) is 0 Å². The Hall–Kier alpha value is -3.13. The molecule has 3 aromatic rings. The van der Waals surface area contributed by atoms with E-state index in [2.05, 4.69) is 31.7 Å². The van der Waals surface area contributed by atoms with E-state index >= 15 is 0 Å². The van der Waals surface area contributed by atoms with Crippen LogP contribution in [0.4, 0.5) is 11.4 Å². The topological polar surface area (TPSA) is 93.5 Å². The van der Waals surface area contributed by atoms with Crippen molar-refractivity contribution >= 4 is 39.1 Å². The quantitative estimate of drug-likeness (QED) is 0.656. The van der Waals surface area contributed by atoms with E-state index < -0.39 is 12.0 Å². The summed E-state index contributed by atoms with van der Waals surface area (Å²) < 4.78 is 11.7. The molecule has 2 amide bonds. The summed E-state index contributed by atoms with van der Waals surface area (Å²) in [5, 5.41) is 9.30. The molecule has 0 saturated heterocycles. The maximum Gasteiger partial charge on any atom is 0.277 e. The van der Waals surface area contributed by atoms with Crippen molar-refractivity contribution in [3.8, 4) is 17.1 Å². The Kier molecular flexibility index (Phi) is 4.41. The molecular formula is C19H14BrN3O4. The van der Waals surface area contributed by atoms with Crippen molar-refractivity contribution in [2.45, 2.75) is 13.0 Å². The lowest BCUT2D eigenvalue weighted by Crippen LogP contribution is -2.34. The number of anilines is 2. The van der Waals surface area contributed by atoms with Gasteiger partial charge in [-0.2, -0.15) is 0 Å². The van der Waals surface area contributed by atoms with Gasteiger partial charge in [-0.15, -0.1) is 0 Å². The van der Waals surface area contributed by atoms with Gasteiger partial charge < -0.3 is 19.9 Å². The monoisotopic (exact) mass is 427 g/mol. The number of benzene rings is 2. The van der Waals surface area contributed by atoms with E-state index in [1.54, 1.807) is 31.2 Å². The van der Waals surface area contributed by atoms with Crippen LogP contribution >= 0.6 is 15.9 Å². The van der Waals surface area contributed by atoms with E-state index in [0.29, 0.717) is 22.9 Å². The van der Waals surface area contributed by atoms with Gasteiger partial charge in [0.15, 0.2) is 17.6 Å². The van der Waals surface area contributed by atoms with Crippen molar-refractivity contribution in [1.29, 1.82) is 0 Å². The molecule has 1 aromatic heterocycles. The number of hydrogen-bond donors (Lipinski definition) is 2. The summed E-state index contributed by atoms with van der Waals surface area (Å²) in [7, 11) is 0. The van der Waals surface area contributed by atoms with Crippen LogP contribution in [0.15, 0.2) is 57.5 Å². The molecule has 1 atom stereocenters. The minimum atomic E-state index is -0.551. The third-order valence-corrected chi connectivity index (χ3v) is 4.57. The maximum absolute atomic E-state index is 12.4. The van der Waals surface area contributed by atoms with E-state index in [4.69, 9.17) is 9.26 Å². The Morgan fingerprint density at radius 1 is 1.19 bits per heavy atom. The smallest absolute Gasteiger partial charge is 0.277 e. The number of nitrogens with zero attached hydrogens (tertiary/aromatic N) is 1. The summed E-state index contributed by atoms with van der Waals surface area (Å²) in [6.45, 7) is 1.67. The number of amides is 2. The first-order chi connectivity index (χ1) is 13.0. The molecule has 4 rings (SSSR count). The lowest BCUT2D eigenvalue weighted by molar-refractivity contribution is -0.122. The number of rotatable bonds is 3.